The fourth-order valence-electron chi connectivity index (χ4n) is 5.43. The van der Waals surface area contributed by atoms with E-state index >= 15 is 0 Å². The van der Waals surface area contributed by atoms with Gasteiger partial charge in [-0.2, -0.15) is 0 Å². The predicted octanol–water partition coefficient (Wildman–Crippen LogP) is 2.00. The third-order valence-corrected chi connectivity index (χ3v) is 6.98. The summed E-state index contributed by atoms with van der Waals surface area (Å²) in [6.07, 6.45) is 1.74. The number of hydrogen-bond acceptors (Lipinski definition) is 7. The smallest absolute Gasteiger partial charge is 0.302 e. The van der Waals surface area contributed by atoms with Crippen molar-refractivity contribution in [2.24, 2.45) is 29.1 Å². The van der Waals surface area contributed by atoms with Crippen LogP contribution < -0.4 is 0 Å². The molecule has 0 amide bonds. The minimum atomic E-state index is -1.04. The zero-order chi connectivity index (χ0) is 20.6. The molecule has 1 aromatic rings. The standard InChI is InChI=1S/C21H28O7/c1-11-15(6-18(25)13-4-5-27-10-13)21(3)8-19(28-12(2)23)20(26)14(9-22)16(21)7-17(11)24/h4-5,10-11,14-16,19-20,22,26H,6-9H2,1-3H3/t11-,14+,15-,16-,19+,20-,21+/m1/s1. The Bertz CT molecular complexity index is 740. The van der Waals surface area contributed by atoms with Crippen molar-refractivity contribution in [2.45, 2.75) is 52.2 Å². The summed E-state index contributed by atoms with van der Waals surface area (Å²) in [6, 6.07) is 1.60. The van der Waals surface area contributed by atoms with Gasteiger partial charge in [-0.1, -0.05) is 13.8 Å². The van der Waals surface area contributed by atoms with Gasteiger partial charge in [-0.3, -0.25) is 14.4 Å². The maximum Gasteiger partial charge on any atom is 0.302 e. The van der Waals surface area contributed by atoms with Crippen LogP contribution in [0.4, 0.5) is 0 Å². The second kappa shape index (κ2) is 7.79. The first-order valence-electron chi connectivity index (χ1n) is 9.73. The molecule has 2 N–H and O–H groups in total. The molecule has 0 unspecified atom stereocenters. The van der Waals surface area contributed by atoms with Crippen LogP contribution in [0.5, 0.6) is 0 Å². The van der Waals surface area contributed by atoms with Crippen molar-refractivity contribution in [3.8, 4) is 0 Å². The van der Waals surface area contributed by atoms with Crippen molar-refractivity contribution < 1.29 is 33.8 Å². The summed E-state index contributed by atoms with van der Waals surface area (Å²) in [5, 5.41) is 20.6. The van der Waals surface area contributed by atoms with E-state index < -0.39 is 29.5 Å². The monoisotopic (exact) mass is 392 g/mol. The normalized spacial score (nSPS) is 38.0. The van der Waals surface area contributed by atoms with Gasteiger partial charge >= 0.3 is 5.97 Å². The summed E-state index contributed by atoms with van der Waals surface area (Å²) in [7, 11) is 0. The lowest BCUT2D eigenvalue weighted by atomic mass is 9.48. The fraction of sp³-hybridized carbons (Fsp3) is 0.667. The van der Waals surface area contributed by atoms with E-state index in [1.54, 1.807) is 6.07 Å². The van der Waals surface area contributed by atoms with Crippen LogP contribution in [-0.2, 0) is 14.3 Å². The molecule has 0 aromatic carbocycles. The first kappa shape index (κ1) is 20.7. The lowest BCUT2D eigenvalue weighted by Crippen LogP contribution is -2.60. The molecule has 7 atom stereocenters. The van der Waals surface area contributed by atoms with Crippen LogP contribution in [0.15, 0.2) is 23.0 Å². The summed E-state index contributed by atoms with van der Waals surface area (Å²) in [4.78, 5) is 37.0. The minimum absolute atomic E-state index is 0.0315. The van der Waals surface area contributed by atoms with E-state index in [9.17, 15) is 24.6 Å². The Kier molecular flexibility index (Phi) is 5.77. The molecule has 0 spiro atoms. The third kappa shape index (κ3) is 3.53. The Morgan fingerprint density at radius 1 is 1.39 bits per heavy atom. The van der Waals surface area contributed by atoms with Crippen molar-refractivity contribution >= 4 is 17.5 Å². The number of carbonyl (C=O) groups is 3. The molecule has 7 nitrogen and oxygen atoms in total. The van der Waals surface area contributed by atoms with Crippen molar-refractivity contribution in [1.82, 2.24) is 0 Å². The quantitative estimate of drug-likeness (QED) is 0.582. The summed E-state index contributed by atoms with van der Waals surface area (Å²) >= 11 is 0. The molecular weight excluding hydrogens is 364 g/mol. The van der Waals surface area contributed by atoms with Crippen LogP contribution in [0.25, 0.3) is 0 Å². The molecule has 1 aromatic heterocycles. The molecule has 2 saturated carbocycles. The zero-order valence-corrected chi connectivity index (χ0v) is 16.5. The van der Waals surface area contributed by atoms with E-state index in [0.717, 1.165) is 0 Å². The van der Waals surface area contributed by atoms with Crippen LogP contribution in [0, 0.1) is 29.1 Å². The average Bonchev–Trinajstić information content (AvgIpc) is 3.16. The minimum Gasteiger partial charge on any atom is -0.472 e. The van der Waals surface area contributed by atoms with Gasteiger partial charge in [0, 0.05) is 38.2 Å². The maximum atomic E-state index is 12.8. The fourth-order valence-corrected chi connectivity index (χ4v) is 5.43. The molecule has 0 radical (unpaired) electrons. The summed E-state index contributed by atoms with van der Waals surface area (Å²) in [5.74, 6) is -2.10. The second-order valence-electron chi connectivity index (χ2n) is 8.51. The number of Topliss-reactive ketones (excluding diaryl/α,β-unsaturated/α-hetero) is 2. The lowest BCUT2D eigenvalue weighted by molar-refractivity contribution is -0.193. The Morgan fingerprint density at radius 3 is 2.68 bits per heavy atom. The third-order valence-electron chi connectivity index (χ3n) is 6.98. The maximum absolute atomic E-state index is 12.8. The molecule has 0 bridgehead atoms. The average molecular weight is 392 g/mol. The molecule has 0 aliphatic heterocycles. The SMILES string of the molecule is CC(=O)O[C@H]1C[C@]2(C)[C@H](CC(=O)[C@H](C)[C@H]2CC(=O)c2ccoc2)[C@H](CO)[C@H]1O. The number of aliphatic hydroxyl groups is 2. The van der Waals surface area contributed by atoms with Gasteiger partial charge in [0.15, 0.2) is 5.78 Å². The number of ketones is 2. The van der Waals surface area contributed by atoms with Crippen LogP contribution in [-0.4, -0.2) is 46.6 Å². The van der Waals surface area contributed by atoms with Crippen molar-refractivity contribution in [2.75, 3.05) is 6.61 Å². The topological polar surface area (TPSA) is 114 Å². The number of esters is 1. The number of rotatable bonds is 5. The van der Waals surface area contributed by atoms with Crippen LogP contribution in [0.3, 0.4) is 0 Å². The van der Waals surface area contributed by atoms with Crippen LogP contribution in [0.1, 0.15) is 50.4 Å². The molecule has 2 aliphatic rings. The number of hydrogen-bond donors (Lipinski definition) is 2. The molecule has 7 heteroatoms. The van der Waals surface area contributed by atoms with E-state index in [-0.39, 0.29) is 48.8 Å². The van der Waals surface area contributed by atoms with Crippen LogP contribution >= 0.6 is 0 Å². The van der Waals surface area contributed by atoms with E-state index in [0.29, 0.717) is 12.0 Å². The van der Waals surface area contributed by atoms with Crippen molar-refractivity contribution in [3.05, 3.63) is 24.2 Å². The Morgan fingerprint density at radius 2 is 2.11 bits per heavy atom. The van der Waals surface area contributed by atoms with Crippen molar-refractivity contribution in [3.63, 3.8) is 0 Å². The molecular formula is C21H28O7. The van der Waals surface area contributed by atoms with Crippen LogP contribution in [0.2, 0.25) is 0 Å². The van der Waals surface area contributed by atoms with Gasteiger partial charge in [-0.25, -0.2) is 0 Å². The molecule has 0 saturated heterocycles. The highest BCUT2D eigenvalue weighted by atomic mass is 16.6. The van der Waals surface area contributed by atoms with E-state index in [1.807, 2.05) is 13.8 Å². The molecule has 3 rings (SSSR count). The second-order valence-corrected chi connectivity index (χ2v) is 8.51. The van der Waals surface area contributed by atoms with Crippen molar-refractivity contribution in [1.29, 1.82) is 0 Å². The number of furan rings is 1. The van der Waals surface area contributed by atoms with Gasteiger partial charge < -0.3 is 19.4 Å². The van der Waals surface area contributed by atoms with E-state index in [4.69, 9.17) is 9.15 Å². The van der Waals surface area contributed by atoms with E-state index in [1.165, 1.54) is 19.5 Å². The molecule has 28 heavy (non-hydrogen) atoms. The number of ether oxygens (including phenoxy) is 1. The van der Waals surface area contributed by atoms with Gasteiger partial charge in [0.2, 0.25) is 0 Å². The number of fused-ring (bicyclic) bond motifs is 1. The summed E-state index contributed by atoms with van der Waals surface area (Å²) in [6.45, 7) is 4.78. The van der Waals surface area contributed by atoms with Gasteiger partial charge in [0.1, 0.15) is 18.2 Å². The van der Waals surface area contributed by atoms with Gasteiger partial charge in [-0.15, -0.1) is 0 Å². The first-order chi connectivity index (χ1) is 13.2. The Hall–Kier alpha value is -1.99. The highest BCUT2D eigenvalue weighted by Gasteiger charge is 2.59. The molecule has 1 heterocycles. The first-order valence-corrected chi connectivity index (χ1v) is 9.73. The van der Waals surface area contributed by atoms with Gasteiger partial charge in [-0.05, 0) is 29.7 Å². The Labute approximate surface area is 164 Å². The van der Waals surface area contributed by atoms with Gasteiger partial charge in [0.25, 0.3) is 0 Å². The largest absolute Gasteiger partial charge is 0.472 e. The zero-order valence-electron chi connectivity index (χ0n) is 16.5. The van der Waals surface area contributed by atoms with Gasteiger partial charge in [0.05, 0.1) is 17.9 Å². The highest BCUT2D eigenvalue weighted by molar-refractivity contribution is 5.96. The predicted molar refractivity (Wildman–Crippen MR) is 98.3 cm³/mol. The highest BCUT2D eigenvalue weighted by Crippen LogP contribution is 2.57. The number of aliphatic hydroxyl groups excluding tert-OH is 2. The van der Waals surface area contributed by atoms with E-state index in [2.05, 4.69) is 0 Å². The summed E-state index contributed by atoms with van der Waals surface area (Å²) in [5.41, 5.74) is -0.0871. The molecule has 2 aliphatic carbocycles. The lowest BCUT2D eigenvalue weighted by Gasteiger charge is -2.57. The number of carbonyl (C=O) groups excluding carboxylic acids is 3. The molecule has 2 fully saturated rings. The Balaban J connectivity index is 1.96. The molecule has 154 valence electrons. The summed E-state index contributed by atoms with van der Waals surface area (Å²) < 4.78 is 10.4.